The van der Waals surface area contributed by atoms with Gasteiger partial charge in [-0.1, -0.05) is 11.3 Å². The van der Waals surface area contributed by atoms with Crippen LogP contribution in [0.5, 0.6) is 0 Å². The molecule has 1 atom stereocenters. The van der Waals surface area contributed by atoms with Crippen molar-refractivity contribution in [2.24, 2.45) is 0 Å². The molecule has 0 saturated carbocycles. The molecule has 2 aromatic rings. The average molecular weight is 345 g/mol. The maximum Gasteiger partial charge on any atom is 0.427 e. The van der Waals surface area contributed by atoms with Crippen LogP contribution in [-0.2, 0) is 6.18 Å². The van der Waals surface area contributed by atoms with E-state index in [1.54, 1.807) is 6.33 Å². The average Bonchev–Trinajstić information content (AvgIpc) is 3.16. The van der Waals surface area contributed by atoms with Gasteiger partial charge in [-0.15, -0.1) is 10.2 Å². The summed E-state index contributed by atoms with van der Waals surface area (Å²) in [5.41, 5.74) is 0. The maximum atomic E-state index is 12.7. The lowest BCUT2D eigenvalue weighted by Crippen LogP contribution is -2.35. The Balaban J connectivity index is 1.78. The molecule has 0 aromatic carbocycles. The first-order chi connectivity index (χ1) is 10.9. The van der Waals surface area contributed by atoms with Gasteiger partial charge in [0.05, 0.1) is 6.20 Å². The zero-order valence-corrected chi connectivity index (χ0v) is 13.7. The molecule has 0 spiro atoms. The SMILES string of the molecule is CC(C)n1cnnc1C1CCCN(c2ncc(C(F)(F)F)s2)C1. The second-order valence-corrected chi connectivity index (χ2v) is 6.99. The molecule has 1 aliphatic rings. The molecule has 1 aliphatic heterocycles. The summed E-state index contributed by atoms with van der Waals surface area (Å²) in [4.78, 5) is 5.23. The number of hydrogen-bond donors (Lipinski definition) is 0. The number of alkyl halides is 3. The van der Waals surface area contributed by atoms with E-state index in [1.807, 2.05) is 9.47 Å². The van der Waals surface area contributed by atoms with Gasteiger partial charge in [-0.05, 0) is 26.7 Å². The molecule has 126 valence electrons. The number of piperidine rings is 1. The molecule has 23 heavy (non-hydrogen) atoms. The van der Waals surface area contributed by atoms with Crippen LogP contribution in [0, 0.1) is 0 Å². The minimum atomic E-state index is -4.33. The highest BCUT2D eigenvalue weighted by Crippen LogP contribution is 2.38. The van der Waals surface area contributed by atoms with Gasteiger partial charge in [-0.2, -0.15) is 13.2 Å². The molecule has 1 saturated heterocycles. The number of rotatable bonds is 3. The number of thiazole rings is 1. The Kier molecular flexibility index (Phi) is 4.31. The first-order valence-electron chi connectivity index (χ1n) is 7.53. The minimum absolute atomic E-state index is 0.159. The van der Waals surface area contributed by atoms with Crippen LogP contribution in [0.4, 0.5) is 18.3 Å². The highest BCUT2D eigenvalue weighted by molar-refractivity contribution is 7.15. The number of halogens is 3. The van der Waals surface area contributed by atoms with Gasteiger partial charge in [-0.3, -0.25) is 0 Å². The van der Waals surface area contributed by atoms with Crippen molar-refractivity contribution in [2.45, 2.75) is 44.8 Å². The summed E-state index contributed by atoms with van der Waals surface area (Å²) >= 11 is 0.703. The zero-order valence-electron chi connectivity index (χ0n) is 12.9. The van der Waals surface area contributed by atoms with E-state index in [2.05, 4.69) is 29.0 Å². The number of nitrogens with zero attached hydrogens (tertiary/aromatic N) is 5. The molecule has 0 bridgehead atoms. The Hall–Kier alpha value is -1.64. The molecule has 0 radical (unpaired) electrons. The van der Waals surface area contributed by atoms with Crippen LogP contribution in [0.2, 0.25) is 0 Å². The fraction of sp³-hybridized carbons (Fsp3) is 0.643. The molecule has 1 fully saturated rings. The van der Waals surface area contributed by atoms with Gasteiger partial charge in [0.15, 0.2) is 5.13 Å². The topological polar surface area (TPSA) is 46.8 Å². The maximum absolute atomic E-state index is 12.7. The second-order valence-electron chi connectivity index (χ2n) is 5.98. The second kappa shape index (κ2) is 6.10. The van der Waals surface area contributed by atoms with Gasteiger partial charge in [0, 0.05) is 25.0 Å². The van der Waals surface area contributed by atoms with Crippen LogP contribution in [0.15, 0.2) is 12.5 Å². The molecule has 5 nitrogen and oxygen atoms in total. The Morgan fingerprint density at radius 2 is 2.13 bits per heavy atom. The van der Waals surface area contributed by atoms with Gasteiger partial charge >= 0.3 is 6.18 Å². The van der Waals surface area contributed by atoms with E-state index in [-0.39, 0.29) is 12.0 Å². The van der Waals surface area contributed by atoms with Crippen molar-refractivity contribution in [3.8, 4) is 0 Å². The fourth-order valence-corrected chi connectivity index (χ4v) is 3.66. The largest absolute Gasteiger partial charge is 0.427 e. The standard InChI is InChI=1S/C14H18F3N5S/c1-9(2)22-8-19-20-12(22)10-4-3-5-21(7-10)13-18-6-11(23-13)14(15,16)17/h6,8-10H,3-5,7H2,1-2H3. The van der Waals surface area contributed by atoms with Crippen LogP contribution in [0.3, 0.4) is 0 Å². The number of hydrogen-bond acceptors (Lipinski definition) is 5. The summed E-state index contributed by atoms with van der Waals surface area (Å²) in [6, 6.07) is 0.257. The molecular formula is C14H18F3N5S. The van der Waals surface area contributed by atoms with E-state index in [0.717, 1.165) is 31.4 Å². The minimum Gasteiger partial charge on any atom is -0.347 e. The van der Waals surface area contributed by atoms with Crippen molar-refractivity contribution in [1.82, 2.24) is 19.7 Å². The van der Waals surface area contributed by atoms with E-state index in [0.29, 0.717) is 23.0 Å². The van der Waals surface area contributed by atoms with Gasteiger partial charge in [0.2, 0.25) is 0 Å². The van der Waals surface area contributed by atoms with E-state index < -0.39 is 11.1 Å². The summed E-state index contributed by atoms with van der Waals surface area (Å²) in [7, 11) is 0. The van der Waals surface area contributed by atoms with Crippen molar-refractivity contribution in [3.63, 3.8) is 0 Å². The third-order valence-corrected chi connectivity index (χ3v) is 5.09. The molecule has 0 amide bonds. The lowest BCUT2D eigenvalue weighted by Gasteiger charge is -2.32. The molecule has 0 N–H and O–H groups in total. The number of anilines is 1. The van der Waals surface area contributed by atoms with E-state index in [9.17, 15) is 13.2 Å². The van der Waals surface area contributed by atoms with Crippen molar-refractivity contribution in [2.75, 3.05) is 18.0 Å². The molecule has 3 heterocycles. The Bertz CT molecular complexity index is 663. The third kappa shape index (κ3) is 3.34. The van der Waals surface area contributed by atoms with Crippen LogP contribution in [0.25, 0.3) is 0 Å². The molecule has 3 rings (SSSR count). The lowest BCUT2D eigenvalue weighted by atomic mass is 9.97. The van der Waals surface area contributed by atoms with Gasteiger partial charge < -0.3 is 9.47 Å². The summed E-state index contributed by atoms with van der Waals surface area (Å²) in [6.45, 7) is 5.46. The summed E-state index contributed by atoms with van der Waals surface area (Å²) in [5, 5.41) is 8.64. The van der Waals surface area contributed by atoms with Crippen LogP contribution in [-0.4, -0.2) is 32.8 Å². The number of aromatic nitrogens is 4. The van der Waals surface area contributed by atoms with Gasteiger partial charge in [0.1, 0.15) is 17.0 Å². The van der Waals surface area contributed by atoms with Crippen molar-refractivity contribution < 1.29 is 13.2 Å². The normalized spacial score (nSPS) is 19.6. The highest BCUT2D eigenvalue weighted by Gasteiger charge is 2.35. The quantitative estimate of drug-likeness (QED) is 0.851. The summed E-state index contributed by atoms with van der Waals surface area (Å²) < 4.78 is 40.2. The fourth-order valence-electron chi connectivity index (χ4n) is 2.85. The van der Waals surface area contributed by atoms with Crippen molar-refractivity contribution in [3.05, 3.63) is 23.2 Å². The predicted molar refractivity (Wildman–Crippen MR) is 81.7 cm³/mol. The van der Waals surface area contributed by atoms with Crippen LogP contribution in [0.1, 0.15) is 49.4 Å². The van der Waals surface area contributed by atoms with Crippen molar-refractivity contribution >= 4 is 16.5 Å². The van der Waals surface area contributed by atoms with Crippen LogP contribution >= 0.6 is 11.3 Å². The van der Waals surface area contributed by atoms with Gasteiger partial charge in [-0.25, -0.2) is 4.98 Å². The Morgan fingerprint density at radius 3 is 2.78 bits per heavy atom. The van der Waals surface area contributed by atoms with Crippen LogP contribution < -0.4 is 4.90 Å². The zero-order chi connectivity index (χ0) is 16.6. The summed E-state index contributed by atoms with van der Waals surface area (Å²) in [6.07, 6.45) is 0.156. The molecule has 2 aromatic heterocycles. The lowest BCUT2D eigenvalue weighted by molar-refractivity contribution is -0.134. The van der Waals surface area contributed by atoms with Crippen molar-refractivity contribution in [1.29, 1.82) is 0 Å². The first kappa shape index (κ1) is 16.2. The molecule has 9 heteroatoms. The molecular weight excluding hydrogens is 327 g/mol. The first-order valence-corrected chi connectivity index (χ1v) is 8.35. The van der Waals surface area contributed by atoms with E-state index >= 15 is 0 Å². The van der Waals surface area contributed by atoms with Gasteiger partial charge in [0.25, 0.3) is 0 Å². The van der Waals surface area contributed by atoms with E-state index in [4.69, 9.17) is 0 Å². The van der Waals surface area contributed by atoms with E-state index in [1.165, 1.54) is 0 Å². The molecule has 1 unspecified atom stereocenters. The Labute approximate surface area is 136 Å². The highest BCUT2D eigenvalue weighted by atomic mass is 32.1. The Morgan fingerprint density at radius 1 is 1.35 bits per heavy atom. The smallest absolute Gasteiger partial charge is 0.347 e. The predicted octanol–water partition coefficient (Wildman–Crippen LogP) is 3.72. The molecule has 0 aliphatic carbocycles. The monoisotopic (exact) mass is 345 g/mol. The third-order valence-electron chi connectivity index (χ3n) is 3.99. The summed E-state index contributed by atoms with van der Waals surface area (Å²) in [5.74, 6) is 1.06.